The standard InChI is InChI=1S/C14H11Br2Cl2NO/c1-7-2-10(15)13(11(16)3-7)19-6-8-4-9(17)5-12(18)14(8)20/h2-5,19-20H,6H2,1H3. The quantitative estimate of drug-likeness (QED) is 0.601. The van der Waals surface area contributed by atoms with Crippen LogP contribution in [0.5, 0.6) is 5.75 Å². The summed E-state index contributed by atoms with van der Waals surface area (Å²) in [6.45, 7) is 2.42. The Morgan fingerprint density at radius 3 is 2.30 bits per heavy atom. The summed E-state index contributed by atoms with van der Waals surface area (Å²) < 4.78 is 1.88. The van der Waals surface area contributed by atoms with Gasteiger partial charge in [-0.3, -0.25) is 0 Å². The predicted octanol–water partition coefficient (Wildman–Crippen LogP) is 6.14. The molecule has 2 aromatic rings. The van der Waals surface area contributed by atoms with E-state index in [0.717, 1.165) is 20.2 Å². The Labute approximate surface area is 144 Å². The van der Waals surface area contributed by atoms with Crippen LogP contribution in [0.3, 0.4) is 0 Å². The fourth-order valence-corrected chi connectivity index (χ4v) is 4.04. The Morgan fingerprint density at radius 2 is 1.70 bits per heavy atom. The second-order valence-corrected chi connectivity index (χ2v) is 6.90. The van der Waals surface area contributed by atoms with E-state index in [-0.39, 0.29) is 10.8 Å². The molecule has 0 saturated heterocycles. The number of hydrogen-bond donors (Lipinski definition) is 2. The summed E-state index contributed by atoms with van der Waals surface area (Å²) >= 11 is 18.9. The summed E-state index contributed by atoms with van der Waals surface area (Å²) in [5.74, 6) is 0.0444. The fourth-order valence-electron chi connectivity index (χ4n) is 1.81. The minimum atomic E-state index is 0.0444. The Kier molecular flexibility index (Phi) is 5.24. The SMILES string of the molecule is Cc1cc(Br)c(NCc2cc(Cl)cc(Cl)c2O)c(Br)c1. The van der Waals surface area contributed by atoms with Crippen molar-refractivity contribution in [2.45, 2.75) is 13.5 Å². The lowest BCUT2D eigenvalue weighted by atomic mass is 10.2. The van der Waals surface area contributed by atoms with Crippen LogP contribution in [0.25, 0.3) is 0 Å². The van der Waals surface area contributed by atoms with Gasteiger partial charge in [0.05, 0.1) is 10.7 Å². The molecule has 2 rings (SSSR count). The normalized spacial score (nSPS) is 10.7. The third-order valence-corrected chi connectivity index (χ3v) is 4.51. The van der Waals surface area contributed by atoms with Gasteiger partial charge in [0.2, 0.25) is 0 Å². The maximum Gasteiger partial charge on any atom is 0.139 e. The van der Waals surface area contributed by atoms with Crippen molar-refractivity contribution in [3.05, 3.63) is 54.4 Å². The Balaban J connectivity index is 2.26. The summed E-state index contributed by atoms with van der Waals surface area (Å²) in [7, 11) is 0. The maximum absolute atomic E-state index is 9.93. The highest BCUT2D eigenvalue weighted by atomic mass is 79.9. The molecular weight excluding hydrogens is 429 g/mol. The van der Waals surface area contributed by atoms with Crippen molar-refractivity contribution in [2.24, 2.45) is 0 Å². The number of phenolic OH excluding ortho intramolecular Hbond substituents is 1. The summed E-state index contributed by atoms with van der Waals surface area (Å²) in [5.41, 5.74) is 2.69. The Bertz CT molecular complexity index is 639. The second kappa shape index (κ2) is 6.56. The molecule has 0 unspecified atom stereocenters. The van der Waals surface area contributed by atoms with Gasteiger partial charge < -0.3 is 10.4 Å². The largest absolute Gasteiger partial charge is 0.506 e. The topological polar surface area (TPSA) is 32.3 Å². The first-order valence-electron chi connectivity index (χ1n) is 5.75. The molecule has 0 amide bonds. The van der Waals surface area contributed by atoms with Crippen LogP contribution in [-0.4, -0.2) is 5.11 Å². The second-order valence-electron chi connectivity index (χ2n) is 4.35. The van der Waals surface area contributed by atoms with Crippen molar-refractivity contribution < 1.29 is 5.11 Å². The molecule has 0 spiro atoms. The van der Waals surface area contributed by atoms with Crippen LogP contribution in [0, 0.1) is 6.92 Å². The van der Waals surface area contributed by atoms with Crippen molar-refractivity contribution in [2.75, 3.05) is 5.32 Å². The molecule has 0 bridgehead atoms. The van der Waals surface area contributed by atoms with Crippen LogP contribution >= 0.6 is 55.1 Å². The van der Waals surface area contributed by atoms with Crippen molar-refractivity contribution in [1.29, 1.82) is 0 Å². The third kappa shape index (κ3) is 3.61. The van der Waals surface area contributed by atoms with Gasteiger partial charge in [0.25, 0.3) is 0 Å². The highest BCUT2D eigenvalue weighted by Crippen LogP contribution is 2.35. The zero-order valence-electron chi connectivity index (χ0n) is 10.5. The minimum Gasteiger partial charge on any atom is -0.506 e. The zero-order valence-corrected chi connectivity index (χ0v) is 15.2. The van der Waals surface area contributed by atoms with Crippen molar-refractivity contribution in [1.82, 2.24) is 0 Å². The monoisotopic (exact) mass is 437 g/mol. The third-order valence-electron chi connectivity index (χ3n) is 2.75. The number of nitrogens with one attached hydrogen (secondary N) is 1. The average Bonchev–Trinajstić information content (AvgIpc) is 2.33. The van der Waals surface area contributed by atoms with Gasteiger partial charge >= 0.3 is 0 Å². The van der Waals surface area contributed by atoms with E-state index in [9.17, 15) is 5.11 Å². The lowest BCUT2D eigenvalue weighted by molar-refractivity contribution is 0.469. The highest BCUT2D eigenvalue weighted by molar-refractivity contribution is 9.11. The van der Waals surface area contributed by atoms with Crippen LogP contribution in [0.4, 0.5) is 5.69 Å². The lowest BCUT2D eigenvalue weighted by Gasteiger charge is -2.13. The molecule has 6 heteroatoms. The number of hydrogen-bond acceptors (Lipinski definition) is 2. The number of anilines is 1. The van der Waals surface area contributed by atoms with E-state index in [2.05, 4.69) is 37.2 Å². The molecule has 0 aromatic heterocycles. The van der Waals surface area contributed by atoms with Gasteiger partial charge in [-0.2, -0.15) is 0 Å². The first kappa shape index (κ1) is 16.0. The first-order chi connectivity index (χ1) is 9.38. The van der Waals surface area contributed by atoms with Crippen molar-refractivity contribution >= 4 is 60.7 Å². The summed E-state index contributed by atoms with van der Waals surface area (Å²) in [4.78, 5) is 0. The number of benzene rings is 2. The summed E-state index contributed by atoms with van der Waals surface area (Å²) in [5, 5.41) is 13.9. The van der Waals surface area contributed by atoms with Crippen LogP contribution < -0.4 is 5.32 Å². The Morgan fingerprint density at radius 1 is 1.10 bits per heavy atom. The minimum absolute atomic E-state index is 0.0444. The van der Waals surface area contributed by atoms with E-state index in [1.807, 2.05) is 19.1 Å². The van der Waals surface area contributed by atoms with E-state index in [1.54, 1.807) is 6.07 Å². The van der Waals surface area contributed by atoms with Crippen LogP contribution in [0.15, 0.2) is 33.2 Å². The molecule has 20 heavy (non-hydrogen) atoms. The molecule has 0 heterocycles. The smallest absolute Gasteiger partial charge is 0.139 e. The van der Waals surface area contributed by atoms with Crippen LogP contribution in [0.2, 0.25) is 10.0 Å². The lowest BCUT2D eigenvalue weighted by Crippen LogP contribution is -2.02. The van der Waals surface area contributed by atoms with Gasteiger partial charge in [0, 0.05) is 26.1 Å². The fraction of sp³-hybridized carbons (Fsp3) is 0.143. The molecule has 0 radical (unpaired) electrons. The molecule has 0 fully saturated rings. The molecule has 2 N–H and O–H groups in total. The molecule has 106 valence electrons. The van der Waals surface area contributed by atoms with E-state index in [0.29, 0.717) is 17.1 Å². The van der Waals surface area contributed by atoms with Gasteiger partial charge in [-0.25, -0.2) is 0 Å². The first-order valence-corrected chi connectivity index (χ1v) is 8.09. The Hall–Kier alpha value is -0.420. The zero-order chi connectivity index (χ0) is 14.9. The van der Waals surface area contributed by atoms with Crippen molar-refractivity contribution in [3.63, 3.8) is 0 Å². The van der Waals surface area contributed by atoms with Gasteiger partial charge in [0.15, 0.2) is 0 Å². The van der Waals surface area contributed by atoms with E-state index in [1.165, 1.54) is 6.07 Å². The molecule has 0 atom stereocenters. The van der Waals surface area contributed by atoms with Gasteiger partial charge in [-0.1, -0.05) is 23.2 Å². The van der Waals surface area contributed by atoms with Crippen molar-refractivity contribution in [3.8, 4) is 5.75 Å². The number of rotatable bonds is 3. The molecule has 2 aromatic carbocycles. The molecule has 0 aliphatic carbocycles. The summed E-state index contributed by atoms with van der Waals surface area (Å²) in [6.07, 6.45) is 0. The maximum atomic E-state index is 9.93. The molecular formula is C14H11Br2Cl2NO. The highest BCUT2D eigenvalue weighted by Gasteiger charge is 2.10. The van der Waals surface area contributed by atoms with Gasteiger partial charge in [-0.05, 0) is 68.6 Å². The van der Waals surface area contributed by atoms with E-state index < -0.39 is 0 Å². The van der Waals surface area contributed by atoms with Gasteiger partial charge in [0.1, 0.15) is 5.75 Å². The average molecular weight is 440 g/mol. The molecule has 0 aliphatic heterocycles. The van der Waals surface area contributed by atoms with Gasteiger partial charge in [-0.15, -0.1) is 0 Å². The number of halogens is 4. The number of phenols is 1. The molecule has 2 nitrogen and oxygen atoms in total. The molecule has 0 aliphatic rings. The van der Waals surface area contributed by atoms with Crippen LogP contribution in [-0.2, 0) is 6.54 Å². The van der Waals surface area contributed by atoms with E-state index >= 15 is 0 Å². The summed E-state index contributed by atoms with van der Waals surface area (Å²) in [6, 6.07) is 7.22. The molecule has 0 saturated carbocycles. The predicted molar refractivity (Wildman–Crippen MR) is 92.0 cm³/mol. The number of aryl methyl sites for hydroxylation is 1. The number of aromatic hydroxyl groups is 1. The van der Waals surface area contributed by atoms with Crippen LogP contribution in [0.1, 0.15) is 11.1 Å². The van der Waals surface area contributed by atoms with E-state index in [4.69, 9.17) is 23.2 Å².